The van der Waals surface area contributed by atoms with Crippen molar-refractivity contribution in [1.82, 2.24) is 5.32 Å². The van der Waals surface area contributed by atoms with Gasteiger partial charge in [-0.3, -0.25) is 9.10 Å². The average molecular weight is 505 g/mol. The lowest BCUT2D eigenvalue weighted by Gasteiger charge is -2.26. The molecular formula is C26H27F3N2O3S. The van der Waals surface area contributed by atoms with Crippen molar-refractivity contribution in [2.24, 2.45) is 0 Å². The molecule has 3 aromatic carbocycles. The number of rotatable bonds is 7. The second-order valence-electron chi connectivity index (χ2n) is 8.46. The minimum atomic E-state index is -4.67. The average Bonchev–Trinajstić information content (AvgIpc) is 2.79. The number of halogens is 3. The van der Waals surface area contributed by atoms with Crippen molar-refractivity contribution in [3.05, 3.63) is 94.5 Å². The topological polar surface area (TPSA) is 66.5 Å². The molecule has 186 valence electrons. The first-order valence-corrected chi connectivity index (χ1v) is 12.4. The standard InChI is InChI=1S/C26H27F3N2O3S/c1-17-13-19(3)24(14-18(17)2)20(4)30-25(32)16-31(35(33,34)23-11-6-5-7-12-23)22-10-8-9-21(15-22)26(27,28)29/h5-15,20H,16H2,1-4H3,(H,30,32). The number of nitrogens with one attached hydrogen (secondary N) is 1. The van der Waals surface area contributed by atoms with Gasteiger partial charge in [0.15, 0.2) is 0 Å². The number of carbonyl (C=O) groups excluding carboxylic acids is 1. The van der Waals surface area contributed by atoms with Crippen molar-refractivity contribution in [2.75, 3.05) is 10.8 Å². The number of nitrogens with zero attached hydrogens (tertiary/aromatic N) is 1. The highest BCUT2D eigenvalue weighted by molar-refractivity contribution is 7.92. The Morgan fingerprint density at radius 2 is 1.54 bits per heavy atom. The van der Waals surface area contributed by atoms with Crippen molar-refractivity contribution in [3.8, 4) is 0 Å². The van der Waals surface area contributed by atoms with E-state index in [4.69, 9.17) is 0 Å². The molecule has 3 rings (SSSR count). The Bertz CT molecular complexity index is 1320. The summed E-state index contributed by atoms with van der Waals surface area (Å²) in [6, 6.07) is 14.7. The van der Waals surface area contributed by atoms with E-state index in [0.29, 0.717) is 4.31 Å². The van der Waals surface area contributed by atoms with E-state index in [1.165, 1.54) is 30.3 Å². The van der Waals surface area contributed by atoms with Gasteiger partial charge in [0.2, 0.25) is 5.91 Å². The third kappa shape index (κ3) is 6.03. The highest BCUT2D eigenvalue weighted by Crippen LogP contribution is 2.33. The molecule has 1 atom stereocenters. The summed E-state index contributed by atoms with van der Waals surface area (Å²) >= 11 is 0. The van der Waals surface area contributed by atoms with Crippen molar-refractivity contribution in [1.29, 1.82) is 0 Å². The monoisotopic (exact) mass is 504 g/mol. The molecule has 0 saturated carbocycles. The molecule has 9 heteroatoms. The van der Waals surface area contributed by atoms with Gasteiger partial charge in [-0.05, 0) is 80.3 Å². The summed E-state index contributed by atoms with van der Waals surface area (Å²) in [6.45, 7) is 6.94. The van der Waals surface area contributed by atoms with Gasteiger partial charge in [-0.1, -0.05) is 36.4 Å². The Kier molecular flexibility index (Phi) is 7.59. The number of carbonyl (C=O) groups is 1. The number of sulfonamides is 1. The van der Waals surface area contributed by atoms with Crippen molar-refractivity contribution in [2.45, 2.75) is 44.8 Å². The fourth-order valence-electron chi connectivity index (χ4n) is 3.82. The van der Waals surface area contributed by atoms with Gasteiger partial charge in [-0.15, -0.1) is 0 Å². The molecule has 35 heavy (non-hydrogen) atoms. The van der Waals surface area contributed by atoms with Crippen LogP contribution in [0.15, 0.2) is 71.6 Å². The minimum absolute atomic E-state index is 0.136. The number of alkyl halides is 3. The SMILES string of the molecule is Cc1cc(C)c(C(C)NC(=O)CN(c2cccc(C(F)(F)F)c2)S(=O)(=O)c2ccccc2)cc1C. The molecule has 0 radical (unpaired) electrons. The van der Waals surface area contributed by atoms with E-state index in [2.05, 4.69) is 5.32 Å². The summed E-state index contributed by atoms with van der Waals surface area (Å²) in [7, 11) is -4.33. The molecule has 3 aromatic rings. The molecule has 0 heterocycles. The molecule has 0 aromatic heterocycles. The summed E-state index contributed by atoms with van der Waals surface area (Å²) < 4.78 is 67.4. The van der Waals surface area contributed by atoms with Crippen molar-refractivity contribution < 1.29 is 26.4 Å². The predicted octanol–water partition coefficient (Wildman–Crippen LogP) is 5.70. The van der Waals surface area contributed by atoms with E-state index in [1.807, 2.05) is 32.9 Å². The Morgan fingerprint density at radius 3 is 2.17 bits per heavy atom. The zero-order valence-electron chi connectivity index (χ0n) is 19.8. The quantitative estimate of drug-likeness (QED) is 0.449. The molecule has 0 bridgehead atoms. The van der Waals surface area contributed by atoms with Gasteiger partial charge < -0.3 is 5.32 Å². The van der Waals surface area contributed by atoms with Crippen LogP contribution in [-0.4, -0.2) is 20.9 Å². The van der Waals surface area contributed by atoms with E-state index < -0.39 is 40.3 Å². The number of hydrogen-bond acceptors (Lipinski definition) is 3. The zero-order valence-corrected chi connectivity index (χ0v) is 20.7. The van der Waals surface area contributed by atoms with Crippen LogP contribution in [0.4, 0.5) is 18.9 Å². The Morgan fingerprint density at radius 1 is 0.914 bits per heavy atom. The summed E-state index contributed by atoms with van der Waals surface area (Å²) in [5.74, 6) is -0.646. The van der Waals surface area contributed by atoms with Gasteiger partial charge in [0.05, 0.1) is 22.2 Å². The van der Waals surface area contributed by atoms with E-state index in [0.717, 1.165) is 40.5 Å². The first-order valence-electron chi connectivity index (χ1n) is 10.9. The molecule has 1 unspecified atom stereocenters. The van der Waals surface area contributed by atoms with Gasteiger partial charge >= 0.3 is 6.18 Å². The van der Waals surface area contributed by atoms with Crippen LogP contribution in [0.1, 0.15) is 40.8 Å². The third-order valence-corrected chi connectivity index (χ3v) is 7.59. The molecule has 0 spiro atoms. The molecule has 0 aliphatic carbocycles. The van der Waals surface area contributed by atoms with Crippen LogP contribution in [0.5, 0.6) is 0 Å². The van der Waals surface area contributed by atoms with Gasteiger partial charge in [0.25, 0.3) is 10.0 Å². The third-order valence-electron chi connectivity index (χ3n) is 5.81. The Hall–Kier alpha value is -3.33. The van der Waals surface area contributed by atoms with E-state index in [-0.39, 0.29) is 10.6 Å². The molecule has 1 N–H and O–H groups in total. The molecule has 0 fully saturated rings. The van der Waals surface area contributed by atoms with Crippen LogP contribution in [-0.2, 0) is 21.0 Å². The highest BCUT2D eigenvalue weighted by atomic mass is 32.2. The lowest BCUT2D eigenvalue weighted by molar-refractivity contribution is -0.137. The van der Waals surface area contributed by atoms with Crippen LogP contribution in [0.3, 0.4) is 0 Å². The van der Waals surface area contributed by atoms with Crippen LogP contribution >= 0.6 is 0 Å². The summed E-state index contributed by atoms with van der Waals surface area (Å²) in [5, 5.41) is 2.79. The van der Waals surface area contributed by atoms with E-state index in [1.54, 1.807) is 13.0 Å². The fraction of sp³-hybridized carbons (Fsp3) is 0.269. The van der Waals surface area contributed by atoms with E-state index in [9.17, 15) is 26.4 Å². The normalized spacial score (nSPS) is 12.8. The lowest BCUT2D eigenvalue weighted by atomic mass is 9.96. The zero-order chi connectivity index (χ0) is 26.0. The number of hydrogen-bond donors (Lipinski definition) is 1. The summed E-state index contributed by atoms with van der Waals surface area (Å²) in [5.41, 5.74) is 2.72. The summed E-state index contributed by atoms with van der Waals surface area (Å²) in [4.78, 5) is 12.9. The first-order chi connectivity index (χ1) is 16.3. The van der Waals surface area contributed by atoms with Gasteiger partial charge in [0, 0.05) is 0 Å². The summed E-state index contributed by atoms with van der Waals surface area (Å²) in [6.07, 6.45) is -4.67. The Balaban J connectivity index is 1.96. The maximum atomic E-state index is 13.4. The van der Waals surface area contributed by atoms with Gasteiger partial charge in [0.1, 0.15) is 6.54 Å². The lowest BCUT2D eigenvalue weighted by Crippen LogP contribution is -2.41. The van der Waals surface area contributed by atoms with E-state index >= 15 is 0 Å². The first kappa shape index (κ1) is 26.3. The largest absolute Gasteiger partial charge is 0.416 e. The molecule has 1 amide bonds. The van der Waals surface area contributed by atoms with Crippen LogP contribution in [0, 0.1) is 20.8 Å². The molecule has 0 aliphatic rings. The van der Waals surface area contributed by atoms with Crippen molar-refractivity contribution >= 4 is 21.6 Å². The second-order valence-corrected chi connectivity index (χ2v) is 10.3. The van der Waals surface area contributed by atoms with Crippen LogP contribution in [0.2, 0.25) is 0 Å². The molecule has 0 aliphatic heterocycles. The Labute approximate surface area is 203 Å². The number of amides is 1. The highest BCUT2D eigenvalue weighted by Gasteiger charge is 2.33. The van der Waals surface area contributed by atoms with Gasteiger partial charge in [-0.2, -0.15) is 13.2 Å². The fourth-order valence-corrected chi connectivity index (χ4v) is 5.25. The maximum Gasteiger partial charge on any atom is 0.416 e. The van der Waals surface area contributed by atoms with Crippen LogP contribution in [0.25, 0.3) is 0 Å². The number of aryl methyl sites for hydroxylation is 3. The number of anilines is 1. The maximum absolute atomic E-state index is 13.4. The van der Waals surface area contributed by atoms with Crippen LogP contribution < -0.4 is 9.62 Å². The molecule has 0 saturated heterocycles. The van der Waals surface area contributed by atoms with Crippen molar-refractivity contribution in [3.63, 3.8) is 0 Å². The smallest absolute Gasteiger partial charge is 0.348 e. The second kappa shape index (κ2) is 10.1. The number of benzene rings is 3. The van der Waals surface area contributed by atoms with Gasteiger partial charge in [-0.25, -0.2) is 8.42 Å². The molecular weight excluding hydrogens is 477 g/mol. The molecule has 5 nitrogen and oxygen atoms in total. The minimum Gasteiger partial charge on any atom is -0.348 e. The predicted molar refractivity (Wildman–Crippen MR) is 130 cm³/mol.